The Hall–Kier alpha value is -1.42. The first-order valence-corrected chi connectivity index (χ1v) is 6.39. The van der Waals surface area contributed by atoms with Gasteiger partial charge >= 0.3 is 0 Å². The van der Waals surface area contributed by atoms with Crippen molar-refractivity contribution in [3.05, 3.63) is 39.9 Å². The number of hydrogen-bond donors (Lipinski definition) is 1. The van der Waals surface area contributed by atoms with E-state index in [0.717, 1.165) is 12.1 Å². The summed E-state index contributed by atoms with van der Waals surface area (Å²) < 4.78 is 0. The second-order valence-corrected chi connectivity index (χ2v) is 5.20. The molecule has 1 N–H and O–H groups in total. The topological polar surface area (TPSA) is 55.2 Å². The minimum atomic E-state index is -0.354. The molecule has 2 atom stereocenters. The normalized spacial score (nSPS) is 14.5. The molecule has 0 saturated carbocycles. The fraction of sp³-hybridized carbons (Fsp3) is 0.571. The van der Waals surface area contributed by atoms with Crippen molar-refractivity contribution in [3.8, 4) is 0 Å². The largest absolute Gasteiger partial charge is 0.310 e. The molecule has 1 aromatic rings. The number of nitrogens with zero attached hydrogens (tertiary/aromatic N) is 1. The van der Waals surface area contributed by atoms with Crippen molar-refractivity contribution in [2.75, 3.05) is 6.54 Å². The van der Waals surface area contributed by atoms with Gasteiger partial charge in [0.15, 0.2) is 0 Å². The highest BCUT2D eigenvalue weighted by Gasteiger charge is 2.12. The van der Waals surface area contributed by atoms with Crippen LogP contribution in [0.2, 0.25) is 0 Å². The third-order valence-electron chi connectivity index (χ3n) is 3.47. The molecule has 0 saturated heterocycles. The third-order valence-corrected chi connectivity index (χ3v) is 3.47. The number of rotatable bonds is 6. The van der Waals surface area contributed by atoms with Gasteiger partial charge in [-0.2, -0.15) is 0 Å². The predicted octanol–water partition coefficient (Wildman–Crippen LogP) is 3.54. The van der Waals surface area contributed by atoms with Crippen LogP contribution in [0, 0.1) is 22.0 Å². The van der Waals surface area contributed by atoms with Crippen molar-refractivity contribution < 1.29 is 4.92 Å². The molecule has 4 nitrogen and oxygen atoms in total. The van der Waals surface area contributed by atoms with Crippen LogP contribution in [0.3, 0.4) is 0 Å². The highest BCUT2D eigenvalue weighted by atomic mass is 16.6. The van der Waals surface area contributed by atoms with Crippen molar-refractivity contribution in [1.29, 1.82) is 0 Å². The zero-order valence-electron chi connectivity index (χ0n) is 11.5. The van der Waals surface area contributed by atoms with E-state index in [1.54, 1.807) is 12.1 Å². The molecule has 1 aromatic carbocycles. The van der Waals surface area contributed by atoms with Crippen LogP contribution in [0.4, 0.5) is 5.69 Å². The van der Waals surface area contributed by atoms with Gasteiger partial charge in [-0.25, -0.2) is 0 Å². The Balaban J connectivity index is 2.64. The Kier molecular flexibility index (Phi) is 5.28. The van der Waals surface area contributed by atoms with Gasteiger partial charge in [-0.3, -0.25) is 10.1 Å². The average Bonchev–Trinajstić information content (AvgIpc) is 2.35. The summed E-state index contributed by atoms with van der Waals surface area (Å²) >= 11 is 0. The molecule has 18 heavy (non-hydrogen) atoms. The maximum atomic E-state index is 10.7. The van der Waals surface area contributed by atoms with Gasteiger partial charge in [-0.1, -0.05) is 32.9 Å². The average molecular weight is 250 g/mol. The van der Waals surface area contributed by atoms with Gasteiger partial charge in [-0.05, 0) is 30.9 Å². The zero-order chi connectivity index (χ0) is 13.7. The molecule has 0 aromatic heterocycles. The van der Waals surface area contributed by atoms with E-state index in [9.17, 15) is 10.1 Å². The minimum absolute atomic E-state index is 0.131. The molecular formula is C14H22N2O2. The van der Waals surface area contributed by atoms with Gasteiger partial charge in [-0.15, -0.1) is 0 Å². The predicted molar refractivity (Wildman–Crippen MR) is 73.5 cm³/mol. The number of nitro benzene ring substituents is 1. The number of hydrogen-bond acceptors (Lipinski definition) is 3. The summed E-state index contributed by atoms with van der Waals surface area (Å²) in [5.41, 5.74) is 1.11. The molecule has 0 spiro atoms. The first kappa shape index (κ1) is 14.6. The summed E-state index contributed by atoms with van der Waals surface area (Å²) in [5, 5.41) is 14.1. The van der Waals surface area contributed by atoms with Crippen molar-refractivity contribution in [3.63, 3.8) is 0 Å². The monoisotopic (exact) mass is 250 g/mol. The fourth-order valence-electron chi connectivity index (χ4n) is 1.62. The summed E-state index contributed by atoms with van der Waals surface area (Å²) in [4.78, 5) is 10.4. The molecule has 1 rings (SSSR count). The van der Waals surface area contributed by atoms with Gasteiger partial charge in [0.25, 0.3) is 5.69 Å². The molecule has 0 aliphatic rings. The summed E-state index contributed by atoms with van der Waals surface area (Å²) in [6, 6.07) is 6.94. The first-order chi connectivity index (χ1) is 8.41. The second kappa shape index (κ2) is 6.50. The van der Waals surface area contributed by atoms with Crippen molar-refractivity contribution in [2.45, 2.75) is 33.7 Å². The molecule has 100 valence electrons. The second-order valence-electron chi connectivity index (χ2n) is 5.20. The van der Waals surface area contributed by atoms with E-state index in [1.807, 2.05) is 13.0 Å². The lowest BCUT2D eigenvalue weighted by molar-refractivity contribution is -0.384. The lowest BCUT2D eigenvalue weighted by atomic mass is 9.97. The lowest BCUT2D eigenvalue weighted by Crippen LogP contribution is -2.26. The fourth-order valence-corrected chi connectivity index (χ4v) is 1.62. The van der Waals surface area contributed by atoms with Gasteiger partial charge in [0.1, 0.15) is 0 Å². The number of non-ortho nitro benzene ring substituents is 1. The Morgan fingerprint density at radius 1 is 1.28 bits per heavy atom. The maximum Gasteiger partial charge on any atom is 0.269 e. The Morgan fingerprint density at radius 2 is 1.94 bits per heavy atom. The Bertz CT molecular complexity index is 405. The van der Waals surface area contributed by atoms with Crippen molar-refractivity contribution in [1.82, 2.24) is 5.32 Å². The Morgan fingerprint density at radius 3 is 2.50 bits per heavy atom. The first-order valence-electron chi connectivity index (χ1n) is 6.39. The van der Waals surface area contributed by atoms with E-state index in [2.05, 4.69) is 26.1 Å². The molecule has 0 radical (unpaired) electrons. The summed E-state index contributed by atoms with van der Waals surface area (Å²) in [6.45, 7) is 9.56. The molecule has 0 amide bonds. The van der Waals surface area contributed by atoms with E-state index in [4.69, 9.17) is 0 Å². The molecule has 4 heteroatoms. The third kappa shape index (κ3) is 4.11. The van der Waals surface area contributed by atoms with Crippen LogP contribution in [0.1, 0.15) is 39.3 Å². The maximum absolute atomic E-state index is 10.7. The summed E-state index contributed by atoms with van der Waals surface area (Å²) in [6.07, 6.45) is 0. The van der Waals surface area contributed by atoms with Crippen LogP contribution in [0.5, 0.6) is 0 Å². The highest BCUT2D eigenvalue weighted by Crippen LogP contribution is 2.19. The van der Waals surface area contributed by atoms with Crippen LogP contribution in [0.25, 0.3) is 0 Å². The van der Waals surface area contributed by atoms with Gasteiger partial charge in [0.05, 0.1) is 4.92 Å². The molecule has 0 fully saturated rings. The van der Waals surface area contributed by atoms with Crippen molar-refractivity contribution in [2.24, 2.45) is 11.8 Å². The van der Waals surface area contributed by atoms with Crippen LogP contribution in [0.15, 0.2) is 24.3 Å². The highest BCUT2D eigenvalue weighted by molar-refractivity contribution is 5.35. The Labute approximate surface area is 109 Å². The standard InChI is InChI=1S/C14H22N2O2/c1-10(2)11(3)9-15-12(4)13-6-5-7-14(8-13)16(17)18/h5-8,10-12,15H,9H2,1-4H3. The van der Waals surface area contributed by atoms with Gasteiger partial charge < -0.3 is 5.32 Å². The van der Waals surface area contributed by atoms with Crippen LogP contribution < -0.4 is 5.32 Å². The van der Waals surface area contributed by atoms with E-state index < -0.39 is 0 Å². The van der Waals surface area contributed by atoms with Gasteiger partial charge in [0.2, 0.25) is 0 Å². The molecular weight excluding hydrogens is 228 g/mol. The van der Waals surface area contributed by atoms with Crippen LogP contribution in [-0.4, -0.2) is 11.5 Å². The lowest BCUT2D eigenvalue weighted by Gasteiger charge is -2.20. The zero-order valence-corrected chi connectivity index (χ0v) is 11.5. The van der Waals surface area contributed by atoms with E-state index in [0.29, 0.717) is 11.8 Å². The van der Waals surface area contributed by atoms with Crippen molar-refractivity contribution >= 4 is 5.69 Å². The van der Waals surface area contributed by atoms with Crippen LogP contribution >= 0.6 is 0 Å². The number of nitrogens with one attached hydrogen (secondary N) is 1. The van der Waals surface area contributed by atoms with Gasteiger partial charge in [0, 0.05) is 18.2 Å². The van der Waals surface area contributed by atoms with E-state index >= 15 is 0 Å². The molecule has 2 unspecified atom stereocenters. The van der Waals surface area contributed by atoms with E-state index in [-0.39, 0.29) is 16.7 Å². The molecule has 0 bridgehead atoms. The molecule has 0 aliphatic carbocycles. The smallest absolute Gasteiger partial charge is 0.269 e. The molecule has 0 aliphatic heterocycles. The van der Waals surface area contributed by atoms with Crippen LogP contribution in [-0.2, 0) is 0 Å². The summed E-state index contributed by atoms with van der Waals surface area (Å²) in [5.74, 6) is 1.22. The van der Waals surface area contributed by atoms with E-state index in [1.165, 1.54) is 6.07 Å². The quantitative estimate of drug-likeness (QED) is 0.620. The number of nitro groups is 1. The molecule has 0 heterocycles. The SMILES string of the molecule is CC(NCC(C)C(C)C)c1cccc([N+](=O)[O-])c1. The number of benzene rings is 1. The summed E-state index contributed by atoms with van der Waals surface area (Å²) in [7, 11) is 0. The minimum Gasteiger partial charge on any atom is -0.310 e.